The first-order valence-corrected chi connectivity index (χ1v) is 6.75. The van der Waals surface area contributed by atoms with Gasteiger partial charge in [-0.25, -0.2) is 9.48 Å². The van der Waals surface area contributed by atoms with Crippen LogP contribution in [0.5, 0.6) is 0 Å². The lowest BCUT2D eigenvalue weighted by Crippen LogP contribution is -2.01. The number of carboxylic acid groups (broad SMARTS) is 1. The van der Waals surface area contributed by atoms with Gasteiger partial charge < -0.3 is 9.66 Å². The topological polar surface area (TPSA) is 121 Å². The van der Waals surface area contributed by atoms with Crippen LogP contribution in [0.15, 0.2) is 41.9 Å². The second-order valence-corrected chi connectivity index (χ2v) is 5.04. The SMILES string of the molecule is O=C(O)c1cncc2c1cnn2-c1cncc(S(=O)[O-])c1. The molecule has 0 saturated carbocycles. The Balaban J connectivity index is 2.22. The van der Waals surface area contributed by atoms with E-state index in [4.69, 9.17) is 5.11 Å². The Morgan fingerprint density at radius 1 is 1.19 bits per heavy atom. The van der Waals surface area contributed by atoms with Crippen LogP contribution in [0, 0.1) is 0 Å². The average molecular weight is 303 g/mol. The summed E-state index contributed by atoms with van der Waals surface area (Å²) in [5, 5.41) is 13.6. The quantitative estimate of drug-likeness (QED) is 0.708. The van der Waals surface area contributed by atoms with Gasteiger partial charge in [0.05, 0.1) is 35.4 Å². The average Bonchev–Trinajstić information content (AvgIpc) is 2.91. The van der Waals surface area contributed by atoms with Gasteiger partial charge in [0, 0.05) is 22.7 Å². The fourth-order valence-corrected chi connectivity index (χ4v) is 2.30. The van der Waals surface area contributed by atoms with Gasteiger partial charge in [-0.1, -0.05) is 0 Å². The predicted octanol–water partition coefficient (Wildman–Crippen LogP) is 0.752. The molecule has 0 aliphatic carbocycles. The van der Waals surface area contributed by atoms with Crippen LogP contribution in [0.3, 0.4) is 0 Å². The van der Waals surface area contributed by atoms with Crippen LogP contribution < -0.4 is 0 Å². The van der Waals surface area contributed by atoms with Crippen molar-refractivity contribution in [3.8, 4) is 5.69 Å². The van der Waals surface area contributed by atoms with Gasteiger partial charge in [-0.3, -0.25) is 14.2 Å². The molecule has 0 bridgehead atoms. The first-order valence-electron chi connectivity index (χ1n) is 5.67. The van der Waals surface area contributed by atoms with Gasteiger partial charge in [0.1, 0.15) is 0 Å². The summed E-state index contributed by atoms with van der Waals surface area (Å²) >= 11 is -2.41. The number of pyridine rings is 2. The molecule has 0 radical (unpaired) electrons. The smallest absolute Gasteiger partial charge is 0.338 e. The molecule has 3 heterocycles. The fraction of sp³-hybridized carbons (Fsp3) is 0. The van der Waals surface area contributed by atoms with Crippen LogP contribution >= 0.6 is 0 Å². The number of carboxylic acids is 1. The van der Waals surface area contributed by atoms with Crippen LogP contribution in [0.25, 0.3) is 16.6 Å². The Morgan fingerprint density at radius 2 is 1.95 bits per heavy atom. The number of hydrogen-bond acceptors (Lipinski definition) is 6. The summed E-state index contributed by atoms with van der Waals surface area (Å²) in [6, 6.07) is 1.38. The van der Waals surface area contributed by atoms with Gasteiger partial charge in [0.2, 0.25) is 0 Å². The molecule has 0 aromatic carbocycles. The van der Waals surface area contributed by atoms with Crippen LogP contribution in [0.2, 0.25) is 0 Å². The Kier molecular flexibility index (Phi) is 3.20. The molecule has 0 aliphatic rings. The molecule has 8 nitrogen and oxygen atoms in total. The summed E-state index contributed by atoms with van der Waals surface area (Å²) in [6.45, 7) is 0. The maximum absolute atomic E-state index is 11.1. The zero-order chi connectivity index (χ0) is 15.0. The number of aromatic nitrogens is 4. The minimum Gasteiger partial charge on any atom is -0.768 e. The highest BCUT2D eigenvalue weighted by Gasteiger charge is 2.14. The molecule has 106 valence electrons. The fourth-order valence-electron chi connectivity index (χ4n) is 1.93. The lowest BCUT2D eigenvalue weighted by molar-refractivity contribution is 0.0698. The van der Waals surface area contributed by atoms with E-state index in [0.717, 1.165) is 0 Å². The standard InChI is InChI=1S/C12H8N4O4S/c17-12(18)10-4-14-6-11-9(10)5-15-16(11)7-1-8(21(19)20)3-13-2-7/h1-6H,(H,17,18)(H,19,20)/p-1. The number of aromatic carboxylic acids is 1. The Bertz CT molecular complexity index is 877. The molecule has 0 fully saturated rings. The third kappa shape index (κ3) is 2.28. The van der Waals surface area contributed by atoms with Crippen LogP contribution in [-0.2, 0) is 11.1 Å². The van der Waals surface area contributed by atoms with Crippen molar-refractivity contribution in [1.82, 2.24) is 19.7 Å². The number of nitrogens with zero attached hydrogens (tertiary/aromatic N) is 4. The van der Waals surface area contributed by atoms with Gasteiger partial charge in [0.15, 0.2) is 0 Å². The van der Waals surface area contributed by atoms with Crippen LogP contribution in [-0.4, -0.2) is 39.6 Å². The molecule has 3 rings (SSSR count). The van der Waals surface area contributed by atoms with E-state index in [2.05, 4.69) is 15.1 Å². The lowest BCUT2D eigenvalue weighted by Gasteiger charge is -2.07. The highest BCUT2D eigenvalue weighted by Crippen LogP contribution is 2.21. The first-order chi connectivity index (χ1) is 10.1. The zero-order valence-electron chi connectivity index (χ0n) is 10.3. The van der Waals surface area contributed by atoms with Crippen molar-refractivity contribution in [3.63, 3.8) is 0 Å². The predicted molar refractivity (Wildman–Crippen MR) is 70.8 cm³/mol. The molecular weight excluding hydrogens is 296 g/mol. The van der Waals surface area contributed by atoms with Crippen molar-refractivity contribution in [3.05, 3.63) is 42.6 Å². The Labute approximate surface area is 120 Å². The minimum absolute atomic E-state index is 0.0125. The first kappa shape index (κ1) is 13.3. The third-order valence-corrected chi connectivity index (χ3v) is 3.47. The molecule has 9 heteroatoms. The zero-order valence-corrected chi connectivity index (χ0v) is 11.1. The summed E-state index contributed by atoms with van der Waals surface area (Å²) in [7, 11) is 0. The molecule has 0 spiro atoms. The Hall–Kier alpha value is -2.65. The molecule has 1 N–H and O–H groups in total. The van der Waals surface area contributed by atoms with E-state index in [1.54, 1.807) is 0 Å². The van der Waals surface area contributed by atoms with Gasteiger partial charge in [-0.15, -0.1) is 0 Å². The summed E-state index contributed by atoms with van der Waals surface area (Å²) < 4.78 is 23.3. The summed E-state index contributed by atoms with van der Waals surface area (Å²) in [5.74, 6) is -1.11. The summed E-state index contributed by atoms with van der Waals surface area (Å²) in [6.07, 6.45) is 6.71. The molecule has 1 unspecified atom stereocenters. The molecule has 3 aromatic rings. The molecule has 0 amide bonds. The maximum Gasteiger partial charge on any atom is 0.338 e. The van der Waals surface area contributed by atoms with Crippen molar-refractivity contribution in [2.24, 2.45) is 0 Å². The van der Waals surface area contributed by atoms with Gasteiger partial charge in [0.25, 0.3) is 0 Å². The van der Waals surface area contributed by atoms with Gasteiger partial charge in [-0.2, -0.15) is 5.10 Å². The second kappa shape index (κ2) is 5.04. The van der Waals surface area contributed by atoms with Crippen molar-refractivity contribution in [2.75, 3.05) is 0 Å². The molecular formula is C12H7N4O4S-. The third-order valence-electron chi connectivity index (χ3n) is 2.86. The van der Waals surface area contributed by atoms with Crippen molar-refractivity contribution in [2.45, 2.75) is 4.90 Å². The van der Waals surface area contributed by atoms with Crippen molar-refractivity contribution in [1.29, 1.82) is 0 Å². The van der Waals surface area contributed by atoms with Gasteiger partial charge in [-0.05, 0) is 17.1 Å². The number of hydrogen-bond donors (Lipinski definition) is 1. The largest absolute Gasteiger partial charge is 0.768 e. The van der Waals surface area contributed by atoms with E-state index in [1.807, 2.05) is 0 Å². The molecule has 1 atom stereocenters. The van der Waals surface area contributed by atoms with E-state index in [-0.39, 0.29) is 10.5 Å². The normalized spacial score (nSPS) is 12.4. The second-order valence-electron chi connectivity index (χ2n) is 4.09. The number of fused-ring (bicyclic) bond motifs is 1. The van der Waals surface area contributed by atoms with Crippen molar-refractivity contribution >= 4 is 28.0 Å². The van der Waals surface area contributed by atoms with E-state index in [9.17, 15) is 13.6 Å². The highest BCUT2D eigenvalue weighted by atomic mass is 32.2. The van der Waals surface area contributed by atoms with E-state index in [1.165, 1.54) is 41.7 Å². The monoisotopic (exact) mass is 303 g/mol. The van der Waals surface area contributed by atoms with E-state index >= 15 is 0 Å². The van der Waals surface area contributed by atoms with Crippen LogP contribution in [0.1, 0.15) is 10.4 Å². The Morgan fingerprint density at radius 3 is 2.67 bits per heavy atom. The molecule has 0 saturated heterocycles. The summed E-state index contributed by atoms with van der Waals surface area (Å²) in [4.78, 5) is 18.8. The highest BCUT2D eigenvalue weighted by molar-refractivity contribution is 7.79. The molecule has 21 heavy (non-hydrogen) atoms. The van der Waals surface area contributed by atoms with Gasteiger partial charge >= 0.3 is 5.97 Å². The maximum atomic E-state index is 11.1. The number of carbonyl (C=O) groups is 1. The van der Waals surface area contributed by atoms with E-state index < -0.39 is 17.0 Å². The minimum atomic E-state index is -2.41. The summed E-state index contributed by atoms with van der Waals surface area (Å²) in [5.41, 5.74) is 0.872. The number of rotatable bonds is 3. The van der Waals surface area contributed by atoms with Crippen LogP contribution in [0.4, 0.5) is 0 Å². The lowest BCUT2D eigenvalue weighted by atomic mass is 10.2. The molecule has 0 aliphatic heterocycles. The molecule has 3 aromatic heterocycles. The van der Waals surface area contributed by atoms with E-state index in [0.29, 0.717) is 16.6 Å². The van der Waals surface area contributed by atoms with Crippen molar-refractivity contribution < 1.29 is 18.7 Å².